The molecule has 1 amide bonds. The van der Waals surface area contributed by atoms with Crippen LogP contribution in [0.2, 0.25) is 0 Å². The van der Waals surface area contributed by atoms with E-state index in [1.165, 1.54) is 0 Å². The van der Waals surface area contributed by atoms with Crippen molar-refractivity contribution in [2.75, 3.05) is 10.7 Å². The molecule has 0 aromatic heterocycles. The molecule has 0 aliphatic rings. The summed E-state index contributed by atoms with van der Waals surface area (Å²) in [4.78, 5) is 11.7. The van der Waals surface area contributed by atoms with Crippen LogP contribution in [0.1, 0.15) is 32.6 Å². The van der Waals surface area contributed by atoms with Crippen LogP contribution in [0.15, 0.2) is 30.3 Å². The summed E-state index contributed by atoms with van der Waals surface area (Å²) in [5.74, 6) is -0.289. The van der Waals surface area contributed by atoms with Crippen LogP contribution in [0, 0.1) is 0 Å². The van der Waals surface area contributed by atoms with Gasteiger partial charge >= 0.3 is 0 Å². The molecule has 6 heteroatoms. The summed E-state index contributed by atoms with van der Waals surface area (Å²) >= 11 is 0. The molecule has 0 atom stereocenters. The molecule has 0 radical (unpaired) electrons. The number of hydrogen-bond acceptors (Lipinski definition) is 3. The zero-order valence-electron chi connectivity index (χ0n) is 11.3. The number of benzene rings is 1. The fourth-order valence-corrected chi connectivity index (χ4v) is 2.38. The number of amides is 1. The lowest BCUT2D eigenvalue weighted by molar-refractivity contribution is -0.121. The number of hydrogen-bond donors (Lipinski definition) is 1. The van der Waals surface area contributed by atoms with Crippen molar-refractivity contribution in [3.8, 4) is 0 Å². The number of unbranched alkanes of at least 4 members (excludes halogenated alkanes) is 2. The minimum absolute atomic E-state index is 0.289. The highest BCUT2D eigenvalue weighted by molar-refractivity contribution is 7.92. The molecule has 1 N–H and O–H groups in total. The van der Waals surface area contributed by atoms with Crippen molar-refractivity contribution in [3.05, 3.63) is 30.3 Å². The zero-order chi connectivity index (χ0) is 14.3. The molecule has 0 unspecified atom stereocenters. The molecule has 1 aromatic carbocycles. The van der Waals surface area contributed by atoms with Gasteiger partial charge in [0.25, 0.3) is 0 Å². The average Bonchev–Trinajstić information content (AvgIpc) is 2.36. The van der Waals surface area contributed by atoms with Gasteiger partial charge in [-0.15, -0.1) is 0 Å². The largest absolute Gasteiger partial charge is 0.273 e. The number of carbonyl (C=O) groups excluding carboxylic acids is 1. The maximum atomic E-state index is 11.7. The molecule has 0 aliphatic heterocycles. The Morgan fingerprint density at radius 3 is 2.37 bits per heavy atom. The summed E-state index contributed by atoms with van der Waals surface area (Å²) in [6, 6.07) is 8.49. The highest BCUT2D eigenvalue weighted by atomic mass is 32.2. The van der Waals surface area contributed by atoms with Crippen molar-refractivity contribution in [3.63, 3.8) is 0 Å². The normalized spacial score (nSPS) is 11.1. The highest BCUT2D eigenvalue weighted by Crippen LogP contribution is 2.14. The van der Waals surface area contributed by atoms with Gasteiger partial charge in [0.05, 0.1) is 11.9 Å². The molecule has 1 rings (SSSR count). The Labute approximate surface area is 114 Å². The summed E-state index contributed by atoms with van der Waals surface area (Å²) in [5, 5.41) is 0. The van der Waals surface area contributed by atoms with Gasteiger partial charge in [-0.05, 0) is 18.6 Å². The summed E-state index contributed by atoms with van der Waals surface area (Å²) in [7, 11) is -3.54. The fourth-order valence-electron chi connectivity index (χ4n) is 1.61. The standard InChI is InChI=1S/C13H20N2O3S/c1-3-4-6-11-13(16)14-15(19(2,17)18)12-9-7-5-8-10-12/h5,7-10H,3-4,6,11H2,1-2H3,(H,14,16). The first-order chi connectivity index (χ1) is 8.95. The molecular weight excluding hydrogens is 264 g/mol. The number of para-hydroxylation sites is 1. The first-order valence-corrected chi connectivity index (χ1v) is 8.15. The molecular formula is C13H20N2O3S. The predicted octanol–water partition coefficient (Wildman–Crippen LogP) is 2.06. The van der Waals surface area contributed by atoms with Crippen LogP contribution >= 0.6 is 0 Å². The second-order valence-electron chi connectivity index (χ2n) is 4.36. The van der Waals surface area contributed by atoms with E-state index >= 15 is 0 Å². The lowest BCUT2D eigenvalue weighted by atomic mass is 10.2. The molecule has 0 heterocycles. The number of nitrogens with zero attached hydrogens (tertiary/aromatic N) is 1. The third kappa shape index (κ3) is 5.30. The summed E-state index contributed by atoms with van der Waals surface area (Å²) in [5.41, 5.74) is 2.86. The maximum Gasteiger partial charge on any atom is 0.249 e. The maximum absolute atomic E-state index is 11.7. The number of rotatable bonds is 7. The van der Waals surface area contributed by atoms with Crippen molar-refractivity contribution in [1.82, 2.24) is 5.43 Å². The first kappa shape index (κ1) is 15.5. The predicted molar refractivity (Wildman–Crippen MR) is 76.0 cm³/mol. The van der Waals surface area contributed by atoms with E-state index in [1.807, 2.05) is 6.92 Å². The van der Waals surface area contributed by atoms with Gasteiger partial charge in [-0.1, -0.05) is 38.0 Å². The minimum atomic E-state index is -3.54. The molecule has 0 aliphatic carbocycles. The molecule has 0 bridgehead atoms. The van der Waals surface area contributed by atoms with Crippen LogP contribution in [0.3, 0.4) is 0 Å². The Kier molecular flexibility index (Phi) is 5.82. The highest BCUT2D eigenvalue weighted by Gasteiger charge is 2.19. The molecule has 5 nitrogen and oxygen atoms in total. The number of hydrazine groups is 1. The Morgan fingerprint density at radius 2 is 1.84 bits per heavy atom. The Bertz CT molecular complexity index is 500. The quantitative estimate of drug-likeness (QED) is 0.615. The average molecular weight is 284 g/mol. The van der Waals surface area contributed by atoms with E-state index in [9.17, 15) is 13.2 Å². The monoisotopic (exact) mass is 284 g/mol. The van der Waals surface area contributed by atoms with Crippen LogP contribution < -0.4 is 9.84 Å². The van der Waals surface area contributed by atoms with Gasteiger partial charge in [-0.3, -0.25) is 10.2 Å². The molecule has 0 saturated carbocycles. The van der Waals surface area contributed by atoms with Crippen molar-refractivity contribution in [2.24, 2.45) is 0 Å². The molecule has 0 spiro atoms. The van der Waals surface area contributed by atoms with E-state index in [1.54, 1.807) is 30.3 Å². The third-order valence-corrected chi connectivity index (χ3v) is 3.52. The van der Waals surface area contributed by atoms with Crippen molar-refractivity contribution in [2.45, 2.75) is 32.6 Å². The Balaban J connectivity index is 2.75. The SMILES string of the molecule is CCCCCC(=O)NN(c1ccccc1)S(C)(=O)=O. The number of carbonyl (C=O) groups is 1. The number of sulfonamides is 1. The van der Waals surface area contributed by atoms with Crippen molar-refractivity contribution in [1.29, 1.82) is 0 Å². The summed E-state index contributed by atoms with van der Waals surface area (Å²) in [6.45, 7) is 2.05. The Hall–Kier alpha value is -1.56. The van der Waals surface area contributed by atoms with Gasteiger partial charge < -0.3 is 0 Å². The van der Waals surface area contributed by atoms with Gasteiger partial charge in [-0.25, -0.2) is 8.42 Å². The van der Waals surface area contributed by atoms with E-state index in [2.05, 4.69) is 5.43 Å². The zero-order valence-corrected chi connectivity index (χ0v) is 12.1. The minimum Gasteiger partial charge on any atom is -0.273 e. The van der Waals surface area contributed by atoms with Gasteiger partial charge in [0.1, 0.15) is 0 Å². The second kappa shape index (κ2) is 7.13. The van der Waals surface area contributed by atoms with Gasteiger partial charge in [0.2, 0.25) is 15.9 Å². The van der Waals surface area contributed by atoms with E-state index < -0.39 is 10.0 Å². The molecule has 106 valence electrons. The van der Waals surface area contributed by atoms with Crippen LogP contribution in [-0.4, -0.2) is 20.6 Å². The third-order valence-electron chi connectivity index (χ3n) is 2.56. The van der Waals surface area contributed by atoms with Gasteiger partial charge in [0.15, 0.2) is 0 Å². The van der Waals surface area contributed by atoms with Crippen molar-refractivity contribution < 1.29 is 13.2 Å². The topological polar surface area (TPSA) is 66.5 Å². The molecule has 19 heavy (non-hydrogen) atoms. The van der Waals surface area contributed by atoms with Crippen LogP contribution in [-0.2, 0) is 14.8 Å². The molecule has 0 fully saturated rings. The van der Waals surface area contributed by atoms with E-state index in [0.29, 0.717) is 12.1 Å². The number of anilines is 1. The lowest BCUT2D eigenvalue weighted by Gasteiger charge is -2.22. The van der Waals surface area contributed by atoms with Crippen LogP contribution in [0.4, 0.5) is 5.69 Å². The van der Waals surface area contributed by atoms with Gasteiger partial charge in [0, 0.05) is 6.42 Å². The number of nitrogens with one attached hydrogen (secondary N) is 1. The molecule has 0 saturated heterocycles. The lowest BCUT2D eigenvalue weighted by Crippen LogP contribution is -2.45. The van der Waals surface area contributed by atoms with Crippen LogP contribution in [0.25, 0.3) is 0 Å². The summed E-state index contributed by atoms with van der Waals surface area (Å²) < 4.78 is 24.3. The van der Waals surface area contributed by atoms with E-state index in [4.69, 9.17) is 0 Å². The van der Waals surface area contributed by atoms with E-state index in [-0.39, 0.29) is 5.91 Å². The smallest absolute Gasteiger partial charge is 0.249 e. The summed E-state index contributed by atoms with van der Waals surface area (Å²) in [6.07, 6.45) is 4.12. The molecule has 1 aromatic rings. The fraction of sp³-hybridized carbons (Fsp3) is 0.462. The van der Waals surface area contributed by atoms with Crippen LogP contribution in [0.5, 0.6) is 0 Å². The van der Waals surface area contributed by atoms with Gasteiger partial charge in [-0.2, -0.15) is 4.41 Å². The first-order valence-electron chi connectivity index (χ1n) is 6.30. The second-order valence-corrected chi connectivity index (χ2v) is 6.19. The Morgan fingerprint density at radius 1 is 1.21 bits per heavy atom. The van der Waals surface area contributed by atoms with E-state index in [0.717, 1.165) is 29.9 Å². The van der Waals surface area contributed by atoms with Crippen molar-refractivity contribution >= 4 is 21.6 Å².